The molecule has 108 valence electrons. The van der Waals surface area contributed by atoms with Gasteiger partial charge in [-0.2, -0.15) is 0 Å². The number of para-hydroxylation sites is 1. The lowest BCUT2D eigenvalue weighted by Crippen LogP contribution is -2.53. The number of anilines is 1. The largest absolute Gasteiger partial charge is 0.480 e. The summed E-state index contributed by atoms with van der Waals surface area (Å²) in [6, 6.07) is 6.34. The molecule has 2 atom stereocenters. The maximum atomic E-state index is 12.3. The minimum atomic E-state index is -0.935. The third-order valence-corrected chi connectivity index (χ3v) is 4.50. The number of benzene rings is 1. The van der Waals surface area contributed by atoms with Crippen LogP contribution in [0.3, 0.4) is 0 Å². The Morgan fingerprint density at radius 3 is 2.75 bits per heavy atom. The van der Waals surface area contributed by atoms with E-state index in [4.69, 9.17) is 0 Å². The van der Waals surface area contributed by atoms with Gasteiger partial charge in [-0.1, -0.05) is 19.1 Å². The van der Waals surface area contributed by atoms with Crippen molar-refractivity contribution in [3.8, 4) is 0 Å². The molecule has 0 bridgehead atoms. The third kappa shape index (κ3) is 3.23. The Hall–Kier alpha value is -1.31. The molecule has 0 saturated carbocycles. The van der Waals surface area contributed by atoms with E-state index in [9.17, 15) is 14.7 Å². The maximum Gasteiger partial charge on any atom is 0.326 e. The van der Waals surface area contributed by atoms with Crippen molar-refractivity contribution in [3.63, 3.8) is 0 Å². The fraction of sp³-hybridized carbons (Fsp3) is 0.429. The van der Waals surface area contributed by atoms with Crippen LogP contribution >= 0.6 is 22.6 Å². The van der Waals surface area contributed by atoms with E-state index < -0.39 is 12.0 Å². The smallest absolute Gasteiger partial charge is 0.326 e. The fourth-order valence-corrected chi connectivity index (χ4v) is 3.06. The SMILES string of the molecule is CC1CCCN(C(=O)Nc2ccccc2I)C1C(=O)O. The van der Waals surface area contributed by atoms with Crippen molar-refractivity contribution in [3.05, 3.63) is 27.8 Å². The van der Waals surface area contributed by atoms with Gasteiger partial charge in [0, 0.05) is 10.1 Å². The first-order chi connectivity index (χ1) is 9.50. The Morgan fingerprint density at radius 2 is 2.10 bits per heavy atom. The highest BCUT2D eigenvalue weighted by Crippen LogP contribution is 2.25. The van der Waals surface area contributed by atoms with Crippen LogP contribution in [0.4, 0.5) is 10.5 Å². The molecule has 0 radical (unpaired) electrons. The summed E-state index contributed by atoms with van der Waals surface area (Å²) in [6.07, 6.45) is 1.67. The summed E-state index contributed by atoms with van der Waals surface area (Å²) < 4.78 is 0.926. The van der Waals surface area contributed by atoms with E-state index in [0.29, 0.717) is 12.2 Å². The molecule has 1 aromatic rings. The summed E-state index contributed by atoms with van der Waals surface area (Å²) in [6.45, 7) is 2.36. The highest BCUT2D eigenvalue weighted by atomic mass is 127. The van der Waals surface area contributed by atoms with Crippen LogP contribution in [0, 0.1) is 9.49 Å². The van der Waals surface area contributed by atoms with E-state index >= 15 is 0 Å². The van der Waals surface area contributed by atoms with Crippen LogP contribution in [-0.4, -0.2) is 34.6 Å². The number of likely N-dealkylation sites (tertiary alicyclic amines) is 1. The van der Waals surface area contributed by atoms with Gasteiger partial charge < -0.3 is 15.3 Å². The topological polar surface area (TPSA) is 69.6 Å². The Balaban J connectivity index is 2.15. The molecule has 0 aromatic heterocycles. The summed E-state index contributed by atoms with van der Waals surface area (Å²) in [5.74, 6) is -0.961. The second kappa shape index (κ2) is 6.43. The van der Waals surface area contributed by atoms with Crippen LogP contribution in [0.25, 0.3) is 0 Å². The van der Waals surface area contributed by atoms with Crippen molar-refractivity contribution < 1.29 is 14.7 Å². The van der Waals surface area contributed by atoms with Gasteiger partial charge in [-0.15, -0.1) is 0 Å². The van der Waals surface area contributed by atoms with Crippen molar-refractivity contribution in [2.45, 2.75) is 25.8 Å². The molecule has 0 aliphatic carbocycles. The van der Waals surface area contributed by atoms with Crippen LogP contribution < -0.4 is 5.32 Å². The number of piperidine rings is 1. The van der Waals surface area contributed by atoms with Gasteiger partial charge in [-0.05, 0) is 53.5 Å². The highest BCUT2D eigenvalue weighted by molar-refractivity contribution is 14.1. The number of carboxylic acid groups (broad SMARTS) is 1. The number of nitrogens with one attached hydrogen (secondary N) is 1. The lowest BCUT2D eigenvalue weighted by Gasteiger charge is -2.37. The monoisotopic (exact) mass is 388 g/mol. The standard InChI is InChI=1S/C14H17IN2O3/c1-9-5-4-8-17(12(9)13(18)19)14(20)16-11-7-3-2-6-10(11)15/h2-3,6-7,9,12H,4-5,8H2,1H3,(H,16,20)(H,18,19). The number of rotatable bonds is 2. The molecule has 5 nitrogen and oxygen atoms in total. The second-order valence-electron chi connectivity index (χ2n) is 5.01. The average Bonchev–Trinajstić information content (AvgIpc) is 2.40. The van der Waals surface area contributed by atoms with Crippen molar-refractivity contribution in [2.24, 2.45) is 5.92 Å². The molecular formula is C14H17IN2O3. The quantitative estimate of drug-likeness (QED) is 0.766. The van der Waals surface area contributed by atoms with Crippen molar-refractivity contribution in [2.75, 3.05) is 11.9 Å². The summed E-state index contributed by atoms with van der Waals surface area (Å²) in [7, 11) is 0. The molecule has 1 aromatic carbocycles. The molecule has 2 N–H and O–H groups in total. The van der Waals surface area contributed by atoms with E-state index in [-0.39, 0.29) is 11.9 Å². The number of urea groups is 1. The fourth-order valence-electron chi connectivity index (χ4n) is 2.54. The maximum absolute atomic E-state index is 12.3. The number of carbonyl (C=O) groups is 2. The van der Waals surface area contributed by atoms with Crippen LogP contribution in [0.2, 0.25) is 0 Å². The normalized spacial score (nSPS) is 22.4. The molecule has 0 spiro atoms. The minimum Gasteiger partial charge on any atom is -0.480 e. The number of carbonyl (C=O) groups excluding carboxylic acids is 1. The van der Waals surface area contributed by atoms with Crippen molar-refractivity contribution in [1.82, 2.24) is 4.90 Å². The summed E-state index contributed by atoms with van der Waals surface area (Å²) in [5, 5.41) is 12.1. The molecule has 6 heteroatoms. The van der Waals surface area contributed by atoms with Crippen LogP contribution in [0.15, 0.2) is 24.3 Å². The van der Waals surface area contributed by atoms with Gasteiger partial charge in [-0.25, -0.2) is 9.59 Å². The summed E-state index contributed by atoms with van der Waals surface area (Å²) in [4.78, 5) is 25.1. The van der Waals surface area contributed by atoms with Gasteiger partial charge in [0.05, 0.1) is 5.69 Å². The minimum absolute atomic E-state index is 0.0261. The zero-order valence-corrected chi connectivity index (χ0v) is 13.3. The first kappa shape index (κ1) is 15.1. The first-order valence-corrected chi connectivity index (χ1v) is 7.63. The van der Waals surface area contributed by atoms with Crippen LogP contribution in [-0.2, 0) is 4.79 Å². The van der Waals surface area contributed by atoms with Gasteiger partial charge >= 0.3 is 12.0 Å². The number of hydrogen-bond donors (Lipinski definition) is 2. The number of nitrogens with zero attached hydrogens (tertiary/aromatic N) is 1. The number of carboxylic acids is 1. The number of hydrogen-bond acceptors (Lipinski definition) is 2. The third-order valence-electron chi connectivity index (χ3n) is 3.56. The average molecular weight is 388 g/mol. The van der Waals surface area contributed by atoms with Gasteiger partial charge in [0.15, 0.2) is 0 Å². The van der Waals surface area contributed by atoms with Gasteiger partial charge in [0.2, 0.25) is 0 Å². The Bertz CT molecular complexity index is 521. The first-order valence-electron chi connectivity index (χ1n) is 6.55. The second-order valence-corrected chi connectivity index (χ2v) is 6.17. The zero-order chi connectivity index (χ0) is 14.7. The molecule has 2 amide bonds. The molecule has 1 aliphatic rings. The van der Waals surface area contributed by atoms with Crippen molar-refractivity contribution in [1.29, 1.82) is 0 Å². The molecule has 2 rings (SSSR count). The summed E-state index contributed by atoms with van der Waals surface area (Å²) >= 11 is 2.14. The lowest BCUT2D eigenvalue weighted by atomic mass is 9.91. The molecule has 1 fully saturated rings. The summed E-state index contributed by atoms with van der Waals surface area (Å²) in [5.41, 5.74) is 0.709. The van der Waals surface area contributed by atoms with E-state index in [2.05, 4.69) is 27.9 Å². The molecule has 20 heavy (non-hydrogen) atoms. The van der Waals surface area contributed by atoms with Gasteiger partial charge in [0.1, 0.15) is 6.04 Å². The van der Waals surface area contributed by atoms with Crippen molar-refractivity contribution >= 4 is 40.3 Å². The van der Waals surface area contributed by atoms with Crippen LogP contribution in [0.5, 0.6) is 0 Å². The van der Waals surface area contributed by atoms with E-state index in [0.717, 1.165) is 16.4 Å². The number of halogens is 1. The highest BCUT2D eigenvalue weighted by Gasteiger charge is 2.37. The van der Waals surface area contributed by atoms with Gasteiger partial charge in [-0.3, -0.25) is 0 Å². The zero-order valence-electron chi connectivity index (χ0n) is 11.2. The number of aliphatic carboxylic acids is 1. The molecular weight excluding hydrogens is 371 g/mol. The Labute approximate surface area is 131 Å². The predicted molar refractivity (Wildman–Crippen MR) is 84.7 cm³/mol. The van der Waals surface area contributed by atoms with E-state index in [1.807, 2.05) is 31.2 Å². The molecule has 1 aliphatic heterocycles. The van der Waals surface area contributed by atoms with E-state index in [1.54, 1.807) is 0 Å². The van der Waals surface area contributed by atoms with Gasteiger partial charge in [0.25, 0.3) is 0 Å². The molecule has 1 saturated heterocycles. The molecule has 2 unspecified atom stereocenters. The lowest BCUT2D eigenvalue weighted by molar-refractivity contribution is -0.145. The van der Waals surface area contributed by atoms with Crippen LogP contribution in [0.1, 0.15) is 19.8 Å². The Kier molecular flexibility index (Phi) is 4.85. The van der Waals surface area contributed by atoms with E-state index in [1.165, 1.54) is 4.90 Å². The molecule has 1 heterocycles. The predicted octanol–water partition coefficient (Wildman–Crippen LogP) is 3.01. The number of amides is 2. The Morgan fingerprint density at radius 1 is 1.40 bits per heavy atom.